The molecule has 0 unspecified atom stereocenters. The summed E-state index contributed by atoms with van der Waals surface area (Å²) in [5.74, 6) is -2.12. The standard InChI is InChI=1S/C15H15NO4S/c16-6-1-3-7(4-2-6)21-13-9-5-8-11(10(9)14(17)18)15(19)20-12(8)13/h1-4,8-13H,5,16H2,(H,17,18)/t8-,9+,10+,11-,12+,13-/m0/s1. The van der Waals surface area contributed by atoms with E-state index in [1.54, 1.807) is 11.8 Å². The summed E-state index contributed by atoms with van der Waals surface area (Å²) >= 11 is 1.61. The van der Waals surface area contributed by atoms with Crippen LogP contribution in [0.15, 0.2) is 29.2 Å². The van der Waals surface area contributed by atoms with Crippen LogP contribution in [0.4, 0.5) is 5.69 Å². The average molecular weight is 305 g/mol. The van der Waals surface area contributed by atoms with Crippen LogP contribution >= 0.6 is 11.8 Å². The highest BCUT2D eigenvalue weighted by Crippen LogP contribution is 2.61. The molecule has 1 aliphatic heterocycles. The van der Waals surface area contributed by atoms with Gasteiger partial charge in [-0.1, -0.05) is 0 Å². The molecule has 1 aromatic carbocycles. The lowest BCUT2D eigenvalue weighted by molar-refractivity contribution is -0.151. The molecule has 21 heavy (non-hydrogen) atoms. The van der Waals surface area contributed by atoms with Crippen LogP contribution in [0.3, 0.4) is 0 Å². The van der Waals surface area contributed by atoms with Crippen molar-refractivity contribution in [3.63, 3.8) is 0 Å². The lowest BCUT2D eigenvalue weighted by Crippen LogP contribution is -2.39. The molecule has 0 aromatic heterocycles. The lowest BCUT2D eigenvalue weighted by Gasteiger charge is -2.29. The molecule has 2 bridgehead atoms. The second-order valence-electron chi connectivity index (χ2n) is 6.01. The number of ether oxygens (including phenoxy) is 1. The fraction of sp³-hybridized carbons (Fsp3) is 0.467. The van der Waals surface area contributed by atoms with E-state index in [9.17, 15) is 14.7 Å². The van der Waals surface area contributed by atoms with Gasteiger partial charge >= 0.3 is 11.9 Å². The summed E-state index contributed by atoms with van der Waals surface area (Å²) in [5.41, 5.74) is 6.38. The van der Waals surface area contributed by atoms with Gasteiger partial charge in [0.05, 0.1) is 17.1 Å². The highest BCUT2D eigenvalue weighted by molar-refractivity contribution is 8.00. The minimum Gasteiger partial charge on any atom is -0.481 e. The first-order chi connectivity index (χ1) is 10.1. The highest BCUT2D eigenvalue weighted by atomic mass is 32.2. The Morgan fingerprint density at radius 2 is 2.00 bits per heavy atom. The Morgan fingerprint density at radius 1 is 1.29 bits per heavy atom. The smallest absolute Gasteiger partial charge is 0.310 e. The molecule has 1 heterocycles. The number of anilines is 1. The summed E-state index contributed by atoms with van der Waals surface area (Å²) in [4.78, 5) is 24.5. The van der Waals surface area contributed by atoms with Crippen molar-refractivity contribution in [1.82, 2.24) is 0 Å². The maximum absolute atomic E-state index is 11.9. The first kappa shape index (κ1) is 13.0. The molecule has 6 atom stereocenters. The van der Waals surface area contributed by atoms with Gasteiger partial charge in [-0.3, -0.25) is 9.59 Å². The number of aliphatic carboxylic acids is 1. The molecule has 0 amide bonds. The lowest BCUT2D eigenvalue weighted by atomic mass is 9.80. The molecule has 1 saturated heterocycles. The van der Waals surface area contributed by atoms with Gasteiger partial charge in [-0.15, -0.1) is 11.8 Å². The van der Waals surface area contributed by atoms with E-state index in [0.717, 1.165) is 11.3 Å². The number of carbonyl (C=O) groups excluding carboxylic acids is 1. The molecule has 110 valence electrons. The van der Waals surface area contributed by atoms with Crippen LogP contribution in [0.1, 0.15) is 6.42 Å². The topological polar surface area (TPSA) is 89.6 Å². The van der Waals surface area contributed by atoms with E-state index >= 15 is 0 Å². The fourth-order valence-corrected chi connectivity index (χ4v) is 5.64. The van der Waals surface area contributed by atoms with E-state index in [0.29, 0.717) is 5.69 Å². The summed E-state index contributed by atoms with van der Waals surface area (Å²) in [6.45, 7) is 0. The number of esters is 1. The van der Waals surface area contributed by atoms with Crippen LogP contribution in [0.5, 0.6) is 0 Å². The maximum atomic E-state index is 11.9. The molecule has 5 nitrogen and oxygen atoms in total. The third kappa shape index (κ3) is 1.78. The number of rotatable bonds is 3. The predicted molar refractivity (Wildman–Crippen MR) is 76.6 cm³/mol. The molecule has 0 spiro atoms. The van der Waals surface area contributed by atoms with Crippen molar-refractivity contribution < 1.29 is 19.4 Å². The third-order valence-corrected chi connectivity index (χ3v) is 6.42. The number of thioether (sulfide) groups is 1. The fourth-order valence-electron chi connectivity index (χ4n) is 4.19. The van der Waals surface area contributed by atoms with E-state index in [-0.39, 0.29) is 29.2 Å². The number of nitrogen functional groups attached to an aromatic ring is 1. The summed E-state index contributed by atoms with van der Waals surface area (Å²) < 4.78 is 5.48. The number of carboxylic acids is 1. The van der Waals surface area contributed by atoms with E-state index in [1.807, 2.05) is 24.3 Å². The SMILES string of the molecule is Nc1ccc(S[C@H]2[C@@H]3C[C@@H]4[C@H]2OC(=O)[C@@H]4[C@@H]3C(=O)O)cc1. The van der Waals surface area contributed by atoms with Crippen LogP contribution < -0.4 is 5.73 Å². The summed E-state index contributed by atoms with van der Waals surface area (Å²) in [6.07, 6.45) is 0.649. The quantitative estimate of drug-likeness (QED) is 0.651. The Bertz CT molecular complexity index is 617. The molecule has 2 saturated carbocycles. The molecular weight excluding hydrogens is 290 g/mol. The van der Waals surface area contributed by atoms with E-state index < -0.39 is 17.8 Å². The number of hydrogen-bond donors (Lipinski definition) is 2. The van der Waals surface area contributed by atoms with Crippen LogP contribution in [-0.2, 0) is 14.3 Å². The largest absolute Gasteiger partial charge is 0.481 e. The number of fused-ring (bicyclic) bond motifs is 1. The number of carboxylic acid groups (broad SMARTS) is 1. The van der Waals surface area contributed by atoms with E-state index in [1.165, 1.54) is 0 Å². The second-order valence-corrected chi connectivity index (χ2v) is 7.26. The molecule has 6 heteroatoms. The zero-order valence-corrected chi connectivity index (χ0v) is 12.0. The molecule has 2 aliphatic carbocycles. The van der Waals surface area contributed by atoms with Gasteiger partial charge in [0.25, 0.3) is 0 Å². The number of benzene rings is 1. The van der Waals surface area contributed by atoms with Gasteiger partial charge in [-0.2, -0.15) is 0 Å². The Morgan fingerprint density at radius 3 is 2.67 bits per heavy atom. The van der Waals surface area contributed by atoms with E-state index in [4.69, 9.17) is 10.5 Å². The van der Waals surface area contributed by atoms with Crippen molar-refractivity contribution >= 4 is 29.4 Å². The normalized spacial score (nSPS) is 39.5. The molecule has 4 rings (SSSR count). The molecule has 3 N–H and O–H groups in total. The first-order valence-corrected chi connectivity index (χ1v) is 7.90. The Hall–Kier alpha value is -1.69. The second kappa shape index (κ2) is 4.40. The summed E-state index contributed by atoms with van der Waals surface area (Å²) in [6, 6.07) is 7.51. The van der Waals surface area contributed by atoms with Crippen molar-refractivity contribution in [3.8, 4) is 0 Å². The number of carbonyl (C=O) groups is 2. The average Bonchev–Trinajstić information content (AvgIpc) is 3.04. The first-order valence-electron chi connectivity index (χ1n) is 7.02. The van der Waals surface area contributed by atoms with Gasteiger partial charge in [-0.25, -0.2) is 0 Å². The molecule has 3 fully saturated rings. The zero-order chi connectivity index (χ0) is 14.7. The van der Waals surface area contributed by atoms with Crippen LogP contribution in [0, 0.1) is 23.7 Å². The minimum absolute atomic E-state index is 0.0107. The van der Waals surface area contributed by atoms with Gasteiger partial charge in [-0.05, 0) is 36.6 Å². The van der Waals surface area contributed by atoms with Gasteiger partial charge in [0.15, 0.2) is 0 Å². The van der Waals surface area contributed by atoms with Gasteiger partial charge in [0.1, 0.15) is 6.10 Å². The van der Waals surface area contributed by atoms with E-state index in [2.05, 4.69) is 0 Å². The monoisotopic (exact) mass is 305 g/mol. The Labute approximate surface area is 125 Å². The highest BCUT2D eigenvalue weighted by Gasteiger charge is 2.68. The van der Waals surface area contributed by atoms with Crippen molar-refractivity contribution in [1.29, 1.82) is 0 Å². The molecular formula is C15H15NO4S. The van der Waals surface area contributed by atoms with Crippen LogP contribution in [0.25, 0.3) is 0 Å². The minimum atomic E-state index is -0.868. The van der Waals surface area contributed by atoms with Crippen molar-refractivity contribution in [2.45, 2.75) is 22.7 Å². The number of nitrogens with two attached hydrogens (primary N) is 1. The maximum Gasteiger partial charge on any atom is 0.310 e. The Kier molecular flexibility index (Phi) is 2.73. The predicted octanol–water partition coefficient (Wildman–Crippen LogP) is 1.62. The summed E-state index contributed by atoms with van der Waals surface area (Å²) in [7, 11) is 0. The van der Waals surface area contributed by atoms with Gasteiger partial charge in [0.2, 0.25) is 0 Å². The van der Waals surface area contributed by atoms with Crippen LogP contribution in [0.2, 0.25) is 0 Å². The van der Waals surface area contributed by atoms with Crippen molar-refractivity contribution in [2.24, 2.45) is 23.7 Å². The number of hydrogen-bond acceptors (Lipinski definition) is 5. The molecule has 3 aliphatic rings. The van der Waals surface area contributed by atoms with Gasteiger partial charge in [0, 0.05) is 16.5 Å². The zero-order valence-electron chi connectivity index (χ0n) is 11.1. The summed E-state index contributed by atoms with van der Waals surface area (Å²) in [5, 5.41) is 9.49. The third-order valence-electron chi connectivity index (χ3n) is 4.98. The van der Waals surface area contributed by atoms with Gasteiger partial charge < -0.3 is 15.6 Å². The van der Waals surface area contributed by atoms with Crippen molar-refractivity contribution in [3.05, 3.63) is 24.3 Å². The molecule has 1 aromatic rings. The Balaban J connectivity index is 1.63. The molecule has 0 radical (unpaired) electrons. The van der Waals surface area contributed by atoms with Crippen LogP contribution in [-0.4, -0.2) is 28.4 Å². The van der Waals surface area contributed by atoms with Crippen molar-refractivity contribution in [2.75, 3.05) is 5.73 Å².